The fourth-order valence-corrected chi connectivity index (χ4v) is 7.36. The molecule has 6 bridgehead atoms. The molecule has 5 nitrogen and oxygen atoms in total. The van der Waals surface area contributed by atoms with E-state index in [0.717, 1.165) is 42.6 Å². The topological polar surface area (TPSA) is 55.8 Å². The highest BCUT2D eigenvalue weighted by Gasteiger charge is 2.67. The van der Waals surface area contributed by atoms with E-state index in [4.69, 9.17) is 9.47 Å². The monoisotopic (exact) mass is 355 g/mol. The minimum atomic E-state index is -0.396. The van der Waals surface area contributed by atoms with Crippen molar-refractivity contribution < 1.29 is 19.1 Å². The molecule has 7 aliphatic rings. The van der Waals surface area contributed by atoms with Gasteiger partial charge in [-0.05, 0) is 69.3 Å². The molecule has 0 radical (unpaired) electrons. The van der Waals surface area contributed by atoms with Gasteiger partial charge in [0.25, 0.3) is 5.91 Å². The molecule has 3 heterocycles. The third-order valence-corrected chi connectivity index (χ3v) is 7.80. The summed E-state index contributed by atoms with van der Waals surface area (Å²) in [5, 5.41) is 0. The van der Waals surface area contributed by atoms with Gasteiger partial charge in [0.05, 0.1) is 0 Å². The van der Waals surface area contributed by atoms with Crippen molar-refractivity contribution in [2.75, 3.05) is 0 Å². The Morgan fingerprint density at radius 1 is 1.23 bits per heavy atom. The van der Waals surface area contributed by atoms with Crippen LogP contribution in [0, 0.1) is 17.8 Å². The molecule has 4 saturated carbocycles. The van der Waals surface area contributed by atoms with Gasteiger partial charge < -0.3 is 14.4 Å². The molecule has 1 amide bonds. The van der Waals surface area contributed by atoms with Crippen LogP contribution < -0.4 is 0 Å². The first-order valence-electron chi connectivity index (χ1n) is 10.0. The predicted molar refractivity (Wildman–Crippen MR) is 93.0 cm³/mol. The minimum absolute atomic E-state index is 0.0409. The standard InChI is InChI=1S/C21H25NO4/c1-10(2)20(24)26-18-15-6-14-17(25-15)16(18)22(19(14)23)21-7-11-3-12(8-21)5-13(4-11)9-21/h6,11-13,15-18H,1,3-5,7-9H2,2H3. The van der Waals surface area contributed by atoms with Gasteiger partial charge in [-0.25, -0.2) is 4.79 Å². The van der Waals surface area contributed by atoms with Gasteiger partial charge in [-0.2, -0.15) is 0 Å². The average Bonchev–Trinajstić information content (AvgIpc) is 3.17. The lowest BCUT2D eigenvalue weighted by Crippen LogP contribution is -2.64. The van der Waals surface area contributed by atoms with Gasteiger partial charge in [-0.3, -0.25) is 4.79 Å². The number of amides is 1. The first-order chi connectivity index (χ1) is 12.4. The summed E-state index contributed by atoms with van der Waals surface area (Å²) in [6, 6.07) is -0.146. The summed E-state index contributed by atoms with van der Waals surface area (Å²) in [5.41, 5.74) is 1.15. The summed E-state index contributed by atoms with van der Waals surface area (Å²) in [6.45, 7) is 5.36. The Morgan fingerprint density at radius 2 is 1.85 bits per heavy atom. The van der Waals surface area contributed by atoms with E-state index in [0.29, 0.717) is 5.57 Å². The molecule has 0 aromatic rings. The third kappa shape index (κ3) is 1.80. The van der Waals surface area contributed by atoms with Crippen molar-refractivity contribution in [3.8, 4) is 0 Å². The maximum Gasteiger partial charge on any atom is 0.333 e. The lowest BCUT2D eigenvalue weighted by Gasteiger charge is -2.60. The summed E-state index contributed by atoms with van der Waals surface area (Å²) in [5.74, 6) is 2.03. The molecule has 6 fully saturated rings. The van der Waals surface area contributed by atoms with Crippen LogP contribution in [0.25, 0.3) is 0 Å². The Morgan fingerprint density at radius 3 is 2.42 bits per heavy atom. The van der Waals surface area contributed by atoms with E-state index in [1.807, 2.05) is 6.08 Å². The lowest BCUT2D eigenvalue weighted by atomic mass is 9.52. The number of likely N-dealkylation sites (tertiary alicyclic amines) is 1. The molecule has 2 saturated heterocycles. The molecule has 0 N–H and O–H groups in total. The molecular weight excluding hydrogens is 330 g/mol. The highest BCUT2D eigenvalue weighted by molar-refractivity contribution is 6.00. The van der Waals surface area contributed by atoms with Gasteiger partial charge in [0.2, 0.25) is 0 Å². The zero-order valence-corrected chi connectivity index (χ0v) is 15.1. The molecule has 0 aromatic carbocycles. The molecule has 26 heavy (non-hydrogen) atoms. The number of rotatable bonds is 3. The Kier molecular flexibility index (Phi) is 2.85. The summed E-state index contributed by atoms with van der Waals surface area (Å²) >= 11 is 0. The van der Waals surface area contributed by atoms with Crippen LogP contribution in [0.5, 0.6) is 0 Å². The van der Waals surface area contributed by atoms with E-state index in [2.05, 4.69) is 11.5 Å². The van der Waals surface area contributed by atoms with Crippen LogP contribution in [-0.4, -0.2) is 46.7 Å². The molecule has 138 valence electrons. The molecule has 7 rings (SSSR count). The van der Waals surface area contributed by atoms with Crippen molar-refractivity contribution in [1.29, 1.82) is 0 Å². The zero-order valence-electron chi connectivity index (χ0n) is 15.1. The SMILES string of the molecule is C=C(C)C(=O)OC1C2C=C3C(=O)N(C45CC6CC(CC(C6)C4)C5)C1C3O2. The summed E-state index contributed by atoms with van der Waals surface area (Å²) < 4.78 is 11.8. The van der Waals surface area contributed by atoms with Gasteiger partial charge in [0, 0.05) is 16.7 Å². The molecule has 3 aliphatic heterocycles. The van der Waals surface area contributed by atoms with E-state index in [-0.39, 0.29) is 35.7 Å². The first kappa shape index (κ1) is 15.4. The number of hydrogen-bond donors (Lipinski definition) is 0. The van der Waals surface area contributed by atoms with Gasteiger partial charge in [-0.1, -0.05) is 6.58 Å². The lowest BCUT2D eigenvalue weighted by molar-refractivity contribution is -0.161. The maximum absolute atomic E-state index is 13.3. The number of hydrogen-bond acceptors (Lipinski definition) is 4. The predicted octanol–water partition coefficient (Wildman–Crippen LogP) is 2.36. The van der Waals surface area contributed by atoms with Crippen LogP contribution in [0.2, 0.25) is 0 Å². The van der Waals surface area contributed by atoms with Gasteiger partial charge >= 0.3 is 5.97 Å². The van der Waals surface area contributed by atoms with Crippen molar-refractivity contribution >= 4 is 11.9 Å². The second-order valence-corrected chi connectivity index (χ2v) is 9.60. The molecule has 0 aromatic heterocycles. The second-order valence-electron chi connectivity index (χ2n) is 9.60. The van der Waals surface area contributed by atoms with E-state index < -0.39 is 6.10 Å². The zero-order chi connectivity index (χ0) is 17.8. The van der Waals surface area contributed by atoms with Crippen molar-refractivity contribution in [2.45, 2.75) is 75.3 Å². The average molecular weight is 355 g/mol. The Labute approximate surface area is 153 Å². The fourth-order valence-electron chi connectivity index (χ4n) is 7.36. The maximum atomic E-state index is 13.3. The highest BCUT2D eigenvalue weighted by atomic mass is 16.6. The van der Waals surface area contributed by atoms with Crippen molar-refractivity contribution in [3.63, 3.8) is 0 Å². The third-order valence-electron chi connectivity index (χ3n) is 7.80. The molecule has 0 spiro atoms. The van der Waals surface area contributed by atoms with Crippen LogP contribution >= 0.6 is 0 Å². The van der Waals surface area contributed by atoms with Crippen LogP contribution in [0.3, 0.4) is 0 Å². The van der Waals surface area contributed by atoms with E-state index in [1.165, 1.54) is 19.3 Å². The first-order valence-corrected chi connectivity index (χ1v) is 10.0. The molecule has 5 heteroatoms. The van der Waals surface area contributed by atoms with Crippen molar-refractivity contribution in [2.24, 2.45) is 17.8 Å². The minimum Gasteiger partial charge on any atom is -0.454 e. The number of nitrogens with zero attached hydrogens (tertiary/aromatic N) is 1. The van der Waals surface area contributed by atoms with E-state index >= 15 is 0 Å². The highest BCUT2D eigenvalue weighted by Crippen LogP contribution is 2.61. The largest absolute Gasteiger partial charge is 0.454 e. The van der Waals surface area contributed by atoms with Crippen LogP contribution in [0.1, 0.15) is 45.4 Å². The number of ether oxygens (including phenoxy) is 2. The summed E-state index contributed by atoms with van der Waals surface area (Å²) in [4.78, 5) is 27.6. The Hall–Kier alpha value is -1.62. The quantitative estimate of drug-likeness (QED) is 0.576. The summed E-state index contributed by atoms with van der Waals surface area (Å²) in [6.07, 6.45) is 8.37. The number of fused-ring (bicyclic) bond motifs is 1. The smallest absolute Gasteiger partial charge is 0.333 e. The molecule has 4 aliphatic carbocycles. The number of esters is 1. The van der Waals surface area contributed by atoms with E-state index in [1.54, 1.807) is 6.92 Å². The Bertz CT molecular complexity index is 733. The van der Waals surface area contributed by atoms with Gasteiger partial charge in [0.15, 0.2) is 6.10 Å². The fraction of sp³-hybridized carbons (Fsp3) is 0.714. The molecule has 4 unspecified atom stereocenters. The van der Waals surface area contributed by atoms with Gasteiger partial charge in [-0.15, -0.1) is 0 Å². The van der Waals surface area contributed by atoms with Crippen molar-refractivity contribution in [3.05, 3.63) is 23.8 Å². The van der Waals surface area contributed by atoms with Crippen molar-refractivity contribution in [1.82, 2.24) is 4.90 Å². The van der Waals surface area contributed by atoms with E-state index in [9.17, 15) is 9.59 Å². The second kappa shape index (κ2) is 4.80. The summed E-state index contributed by atoms with van der Waals surface area (Å²) in [7, 11) is 0. The van der Waals surface area contributed by atoms with Gasteiger partial charge in [0.1, 0.15) is 18.2 Å². The van der Waals surface area contributed by atoms with Crippen LogP contribution in [-0.2, 0) is 19.1 Å². The van der Waals surface area contributed by atoms with Crippen LogP contribution in [0.4, 0.5) is 0 Å². The normalized spacial score (nSPS) is 49.7. The number of carbonyl (C=O) groups is 2. The number of carbonyl (C=O) groups excluding carboxylic acids is 2. The Balaban J connectivity index is 1.38. The molecule has 4 atom stereocenters. The van der Waals surface area contributed by atoms with Crippen LogP contribution in [0.15, 0.2) is 23.8 Å². The molecular formula is C21H25NO4.